The molecule has 0 saturated heterocycles. The summed E-state index contributed by atoms with van der Waals surface area (Å²) < 4.78 is 25.8. The lowest BCUT2D eigenvalue weighted by molar-refractivity contribution is -0.114. The second kappa shape index (κ2) is 7.33. The molecule has 0 aliphatic rings. The first-order chi connectivity index (χ1) is 10.8. The van der Waals surface area contributed by atoms with Crippen molar-refractivity contribution in [3.63, 3.8) is 0 Å². The third kappa shape index (κ3) is 4.95. The number of sulfonamides is 1. The lowest BCUT2D eigenvalue weighted by atomic mass is 10.3. The number of amides is 1. The molecule has 0 unspecified atom stereocenters. The van der Waals surface area contributed by atoms with E-state index in [1.54, 1.807) is 48.5 Å². The van der Waals surface area contributed by atoms with Crippen LogP contribution in [-0.4, -0.2) is 27.1 Å². The highest BCUT2D eigenvalue weighted by Gasteiger charge is 2.21. The SMILES string of the molecule is CS(=O)(=O)N(CC(=O)Nc1ccccc1Cl)c1cccc(Br)c1. The Kier molecular flexibility index (Phi) is 5.67. The summed E-state index contributed by atoms with van der Waals surface area (Å²) in [6.45, 7) is -0.347. The number of rotatable bonds is 5. The summed E-state index contributed by atoms with van der Waals surface area (Å²) in [4.78, 5) is 12.2. The van der Waals surface area contributed by atoms with Gasteiger partial charge in [-0.2, -0.15) is 0 Å². The molecule has 2 aromatic carbocycles. The Bertz CT molecular complexity index is 827. The first-order valence-corrected chi connectivity index (χ1v) is 9.57. The smallest absolute Gasteiger partial charge is 0.245 e. The number of carbonyl (C=O) groups is 1. The van der Waals surface area contributed by atoms with Gasteiger partial charge in [0.1, 0.15) is 6.54 Å². The molecule has 5 nitrogen and oxygen atoms in total. The molecule has 0 aliphatic heterocycles. The Balaban J connectivity index is 2.22. The van der Waals surface area contributed by atoms with Crippen LogP contribution in [0.2, 0.25) is 5.02 Å². The van der Waals surface area contributed by atoms with Gasteiger partial charge >= 0.3 is 0 Å². The van der Waals surface area contributed by atoms with Crippen LogP contribution in [0.15, 0.2) is 53.0 Å². The molecule has 0 saturated carbocycles. The maximum absolute atomic E-state index is 12.2. The first kappa shape index (κ1) is 17.8. The lowest BCUT2D eigenvalue weighted by Crippen LogP contribution is -2.37. The molecular weight excluding hydrogens is 404 g/mol. The van der Waals surface area contributed by atoms with Gasteiger partial charge in [0.05, 0.1) is 22.7 Å². The molecule has 2 rings (SSSR count). The third-order valence-electron chi connectivity index (χ3n) is 2.93. The summed E-state index contributed by atoms with van der Waals surface area (Å²) in [7, 11) is -3.61. The minimum absolute atomic E-state index is 0.347. The molecule has 1 amide bonds. The molecule has 0 aliphatic carbocycles. The number of hydrogen-bond acceptors (Lipinski definition) is 3. The van der Waals surface area contributed by atoms with Crippen molar-refractivity contribution in [2.24, 2.45) is 0 Å². The fraction of sp³-hybridized carbons (Fsp3) is 0.133. The monoisotopic (exact) mass is 416 g/mol. The van der Waals surface area contributed by atoms with Crippen LogP contribution in [0.4, 0.5) is 11.4 Å². The van der Waals surface area contributed by atoms with Gasteiger partial charge in [-0.1, -0.05) is 45.7 Å². The predicted octanol–water partition coefficient (Wildman–Crippen LogP) is 3.51. The molecule has 0 spiro atoms. The average molecular weight is 418 g/mol. The zero-order valence-corrected chi connectivity index (χ0v) is 15.3. The van der Waals surface area contributed by atoms with E-state index < -0.39 is 15.9 Å². The molecule has 2 aromatic rings. The summed E-state index contributed by atoms with van der Waals surface area (Å²) in [5.41, 5.74) is 0.832. The van der Waals surface area contributed by atoms with E-state index in [0.717, 1.165) is 15.0 Å². The van der Waals surface area contributed by atoms with E-state index in [1.165, 1.54) is 0 Å². The van der Waals surface area contributed by atoms with Gasteiger partial charge in [-0.25, -0.2) is 8.42 Å². The van der Waals surface area contributed by atoms with Crippen LogP contribution in [0.3, 0.4) is 0 Å². The highest BCUT2D eigenvalue weighted by Crippen LogP contribution is 2.23. The van der Waals surface area contributed by atoms with E-state index in [-0.39, 0.29) is 6.54 Å². The summed E-state index contributed by atoms with van der Waals surface area (Å²) in [5.74, 6) is -0.483. The van der Waals surface area contributed by atoms with Crippen LogP contribution in [0.25, 0.3) is 0 Å². The first-order valence-electron chi connectivity index (χ1n) is 6.55. The number of halogens is 2. The Morgan fingerprint density at radius 2 is 1.91 bits per heavy atom. The highest BCUT2D eigenvalue weighted by atomic mass is 79.9. The van der Waals surface area contributed by atoms with E-state index in [2.05, 4.69) is 21.2 Å². The Hall–Kier alpha value is -1.57. The van der Waals surface area contributed by atoms with Gasteiger partial charge in [0.15, 0.2) is 0 Å². The molecule has 0 heterocycles. The largest absolute Gasteiger partial charge is 0.323 e. The molecular formula is C15H14BrClN2O3S. The maximum Gasteiger partial charge on any atom is 0.245 e. The topological polar surface area (TPSA) is 66.5 Å². The quantitative estimate of drug-likeness (QED) is 0.809. The molecule has 23 heavy (non-hydrogen) atoms. The van der Waals surface area contributed by atoms with Crippen molar-refractivity contribution in [1.82, 2.24) is 0 Å². The van der Waals surface area contributed by atoms with Gasteiger partial charge < -0.3 is 5.32 Å². The van der Waals surface area contributed by atoms with Gasteiger partial charge in [0.25, 0.3) is 0 Å². The fourth-order valence-electron chi connectivity index (χ4n) is 1.91. The predicted molar refractivity (Wildman–Crippen MR) is 96.4 cm³/mol. The molecule has 122 valence electrons. The van der Waals surface area contributed by atoms with Gasteiger partial charge in [0, 0.05) is 4.47 Å². The van der Waals surface area contributed by atoms with Crippen LogP contribution < -0.4 is 9.62 Å². The number of carbonyl (C=O) groups excluding carboxylic acids is 1. The second-order valence-electron chi connectivity index (χ2n) is 4.78. The van der Waals surface area contributed by atoms with Crippen molar-refractivity contribution in [1.29, 1.82) is 0 Å². The van der Waals surface area contributed by atoms with Gasteiger partial charge in [0.2, 0.25) is 15.9 Å². The molecule has 1 N–H and O–H groups in total. The number of para-hydroxylation sites is 1. The summed E-state index contributed by atoms with van der Waals surface area (Å²) in [6.07, 6.45) is 1.05. The second-order valence-corrected chi connectivity index (χ2v) is 8.01. The van der Waals surface area contributed by atoms with E-state index in [1.807, 2.05) is 0 Å². The van der Waals surface area contributed by atoms with Crippen molar-refractivity contribution in [3.8, 4) is 0 Å². The van der Waals surface area contributed by atoms with Crippen molar-refractivity contribution in [2.45, 2.75) is 0 Å². The number of hydrogen-bond donors (Lipinski definition) is 1. The molecule has 0 fully saturated rings. The number of anilines is 2. The van der Waals surface area contributed by atoms with Crippen molar-refractivity contribution in [2.75, 3.05) is 22.4 Å². The molecule has 0 bridgehead atoms. The molecule has 0 aromatic heterocycles. The van der Waals surface area contributed by atoms with E-state index >= 15 is 0 Å². The normalized spacial score (nSPS) is 11.1. The van der Waals surface area contributed by atoms with Crippen LogP contribution >= 0.6 is 27.5 Å². The minimum atomic E-state index is -3.61. The van der Waals surface area contributed by atoms with E-state index in [0.29, 0.717) is 16.4 Å². The van der Waals surface area contributed by atoms with Crippen molar-refractivity contribution < 1.29 is 13.2 Å². The number of nitrogens with one attached hydrogen (secondary N) is 1. The van der Waals surface area contributed by atoms with Crippen LogP contribution in [-0.2, 0) is 14.8 Å². The number of nitrogens with zero attached hydrogens (tertiary/aromatic N) is 1. The fourth-order valence-corrected chi connectivity index (χ4v) is 3.33. The van der Waals surface area contributed by atoms with Gasteiger partial charge in [-0.05, 0) is 30.3 Å². The maximum atomic E-state index is 12.2. The summed E-state index contributed by atoms with van der Waals surface area (Å²) in [6, 6.07) is 13.5. The van der Waals surface area contributed by atoms with Crippen LogP contribution in [0, 0.1) is 0 Å². The highest BCUT2D eigenvalue weighted by molar-refractivity contribution is 9.10. The Morgan fingerprint density at radius 1 is 1.22 bits per heavy atom. The number of benzene rings is 2. The molecule has 0 radical (unpaired) electrons. The van der Waals surface area contributed by atoms with Gasteiger partial charge in [-0.15, -0.1) is 0 Å². The Labute approximate surface area is 148 Å². The molecule has 8 heteroatoms. The van der Waals surface area contributed by atoms with Crippen molar-refractivity contribution in [3.05, 3.63) is 58.0 Å². The van der Waals surface area contributed by atoms with E-state index in [4.69, 9.17) is 11.6 Å². The van der Waals surface area contributed by atoms with Crippen LogP contribution in [0.1, 0.15) is 0 Å². The van der Waals surface area contributed by atoms with Crippen LogP contribution in [0.5, 0.6) is 0 Å². The third-order valence-corrected chi connectivity index (χ3v) is 4.90. The standard InChI is InChI=1S/C15H14BrClN2O3S/c1-23(21,22)19(12-6-4-5-11(16)9-12)10-15(20)18-14-8-3-2-7-13(14)17/h2-9H,10H2,1H3,(H,18,20). The summed E-state index contributed by atoms with van der Waals surface area (Å²) >= 11 is 9.27. The zero-order chi connectivity index (χ0) is 17.0. The van der Waals surface area contributed by atoms with Crippen molar-refractivity contribution >= 4 is 54.8 Å². The minimum Gasteiger partial charge on any atom is -0.323 e. The van der Waals surface area contributed by atoms with Gasteiger partial charge in [-0.3, -0.25) is 9.10 Å². The Morgan fingerprint density at radius 3 is 2.52 bits per heavy atom. The zero-order valence-electron chi connectivity index (χ0n) is 12.2. The molecule has 0 atom stereocenters. The summed E-state index contributed by atoms with van der Waals surface area (Å²) in [5, 5.41) is 2.99. The van der Waals surface area contributed by atoms with E-state index in [9.17, 15) is 13.2 Å². The average Bonchev–Trinajstić information content (AvgIpc) is 2.46. The lowest BCUT2D eigenvalue weighted by Gasteiger charge is -2.22.